The molecule has 0 spiro atoms. The van der Waals surface area contributed by atoms with Crippen molar-refractivity contribution < 1.29 is 9.53 Å². The molecule has 0 bridgehead atoms. The van der Waals surface area contributed by atoms with Gasteiger partial charge in [-0.05, 0) is 17.9 Å². The van der Waals surface area contributed by atoms with Crippen molar-refractivity contribution in [1.82, 2.24) is 0 Å². The molecule has 0 N–H and O–H groups in total. The minimum absolute atomic E-state index is 0.0215. The van der Waals surface area contributed by atoms with Crippen LogP contribution < -0.4 is 0 Å². The number of nitriles is 2. The Bertz CT molecular complexity index is 357. The average molecular weight is 218 g/mol. The normalized spacial score (nSPS) is 21.7. The lowest BCUT2D eigenvalue weighted by Crippen LogP contribution is -2.27. The zero-order chi connectivity index (χ0) is 12.0. The molecular formula is C12H14N2O2. The smallest absolute Gasteiger partial charge is 0.129 e. The van der Waals surface area contributed by atoms with Crippen LogP contribution in [-0.4, -0.2) is 19.5 Å². The van der Waals surface area contributed by atoms with Crippen LogP contribution in [-0.2, 0) is 9.53 Å². The first-order valence-electron chi connectivity index (χ1n) is 5.29. The van der Waals surface area contributed by atoms with Gasteiger partial charge in [-0.15, -0.1) is 0 Å². The predicted octanol–water partition coefficient (Wildman–Crippen LogP) is 1.59. The minimum atomic E-state index is 0.0215. The highest BCUT2D eigenvalue weighted by molar-refractivity contribution is 5.50. The average Bonchev–Trinajstić information content (AvgIpc) is 2.31. The van der Waals surface area contributed by atoms with E-state index in [-0.39, 0.29) is 17.4 Å². The van der Waals surface area contributed by atoms with E-state index in [4.69, 9.17) is 15.3 Å². The number of carbonyl (C=O) groups excluding carboxylic acids is 1. The summed E-state index contributed by atoms with van der Waals surface area (Å²) in [6.45, 7) is 2.99. The van der Waals surface area contributed by atoms with Crippen LogP contribution in [0.5, 0.6) is 0 Å². The Balaban J connectivity index is 2.96. The molecule has 16 heavy (non-hydrogen) atoms. The molecule has 2 atom stereocenters. The summed E-state index contributed by atoms with van der Waals surface area (Å²) >= 11 is 0. The summed E-state index contributed by atoms with van der Waals surface area (Å²) in [5.74, 6) is 0.137. The number of allylic oxidation sites excluding steroid dienone is 1. The second-order valence-electron chi connectivity index (χ2n) is 3.93. The van der Waals surface area contributed by atoms with E-state index in [0.29, 0.717) is 26.1 Å². The van der Waals surface area contributed by atoms with Crippen molar-refractivity contribution in [2.45, 2.75) is 19.8 Å². The molecule has 0 unspecified atom stereocenters. The van der Waals surface area contributed by atoms with Crippen molar-refractivity contribution in [3.8, 4) is 12.1 Å². The summed E-state index contributed by atoms with van der Waals surface area (Å²) in [7, 11) is 0. The SMILES string of the molecule is C[C@H](CC=O)[C@@H]1COCCC1=C(C#N)C#N. The predicted molar refractivity (Wildman–Crippen MR) is 57.0 cm³/mol. The van der Waals surface area contributed by atoms with Gasteiger partial charge in [0.25, 0.3) is 0 Å². The molecule has 0 saturated carbocycles. The maximum atomic E-state index is 10.5. The molecule has 0 amide bonds. The van der Waals surface area contributed by atoms with E-state index in [1.807, 2.05) is 19.1 Å². The van der Waals surface area contributed by atoms with Gasteiger partial charge >= 0.3 is 0 Å². The van der Waals surface area contributed by atoms with E-state index in [1.165, 1.54) is 0 Å². The molecule has 84 valence electrons. The minimum Gasteiger partial charge on any atom is -0.380 e. The third-order valence-electron chi connectivity index (χ3n) is 2.96. The van der Waals surface area contributed by atoms with Crippen molar-refractivity contribution in [1.29, 1.82) is 10.5 Å². The van der Waals surface area contributed by atoms with Gasteiger partial charge in [0.2, 0.25) is 0 Å². The number of hydrogen-bond donors (Lipinski definition) is 0. The quantitative estimate of drug-likeness (QED) is 0.532. The fourth-order valence-corrected chi connectivity index (χ4v) is 1.98. The molecule has 0 aromatic heterocycles. The molecule has 1 heterocycles. The number of nitrogens with zero attached hydrogens (tertiary/aromatic N) is 2. The molecule has 1 saturated heterocycles. The number of hydrogen-bond acceptors (Lipinski definition) is 4. The third-order valence-corrected chi connectivity index (χ3v) is 2.96. The van der Waals surface area contributed by atoms with E-state index in [9.17, 15) is 4.79 Å². The number of carbonyl (C=O) groups is 1. The summed E-state index contributed by atoms with van der Waals surface area (Å²) in [5, 5.41) is 17.7. The molecule has 0 radical (unpaired) electrons. The molecule has 4 heteroatoms. The highest BCUT2D eigenvalue weighted by Crippen LogP contribution is 2.31. The van der Waals surface area contributed by atoms with E-state index >= 15 is 0 Å². The summed E-state index contributed by atoms with van der Waals surface area (Å²) in [4.78, 5) is 10.5. The second-order valence-corrected chi connectivity index (χ2v) is 3.93. The van der Waals surface area contributed by atoms with Gasteiger partial charge in [0.05, 0.1) is 13.2 Å². The van der Waals surface area contributed by atoms with Crippen molar-refractivity contribution >= 4 is 6.29 Å². The molecule has 1 aliphatic heterocycles. The van der Waals surface area contributed by atoms with Crippen LogP contribution in [0.25, 0.3) is 0 Å². The number of rotatable bonds is 3. The van der Waals surface area contributed by atoms with Crippen LogP contribution in [0, 0.1) is 34.5 Å². The summed E-state index contributed by atoms with van der Waals surface area (Å²) in [6.07, 6.45) is 1.92. The third kappa shape index (κ3) is 2.68. The lowest BCUT2D eigenvalue weighted by atomic mass is 9.81. The summed E-state index contributed by atoms with van der Waals surface area (Å²) in [6, 6.07) is 3.85. The van der Waals surface area contributed by atoms with Crippen LogP contribution in [0.15, 0.2) is 11.1 Å². The van der Waals surface area contributed by atoms with Crippen molar-refractivity contribution in [2.24, 2.45) is 11.8 Å². The van der Waals surface area contributed by atoms with E-state index in [1.54, 1.807) is 0 Å². The standard InChI is InChI=1S/C12H14N2O2/c1-9(2-4-15)12-8-16-5-3-11(12)10(6-13)7-14/h4,9,12H,2-3,5,8H2,1H3/t9-,12+/m1/s1. The van der Waals surface area contributed by atoms with Crippen molar-refractivity contribution in [3.63, 3.8) is 0 Å². The van der Waals surface area contributed by atoms with E-state index < -0.39 is 0 Å². The highest BCUT2D eigenvalue weighted by atomic mass is 16.5. The van der Waals surface area contributed by atoms with Crippen LogP contribution in [0.4, 0.5) is 0 Å². The zero-order valence-electron chi connectivity index (χ0n) is 9.27. The first-order chi connectivity index (χ1) is 7.74. The lowest BCUT2D eigenvalue weighted by molar-refractivity contribution is -0.109. The van der Waals surface area contributed by atoms with Gasteiger partial charge in [-0.3, -0.25) is 0 Å². The Morgan fingerprint density at radius 3 is 2.88 bits per heavy atom. The first kappa shape index (κ1) is 12.4. The second kappa shape index (κ2) is 6.05. The van der Waals surface area contributed by atoms with Gasteiger partial charge in [0, 0.05) is 12.3 Å². The van der Waals surface area contributed by atoms with Crippen molar-refractivity contribution in [2.75, 3.05) is 13.2 Å². The Morgan fingerprint density at radius 2 is 2.31 bits per heavy atom. The molecule has 0 aliphatic carbocycles. The highest BCUT2D eigenvalue weighted by Gasteiger charge is 2.27. The van der Waals surface area contributed by atoms with Crippen LogP contribution in [0.2, 0.25) is 0 Å². The van der Waals surface area contributed by atoms with E-state index in [0.717, 1.165) is 11.9 Å². The molecule has 4 nitrogen and oxygen atoms in total. The fourth-order valence-electron chi connectivity index (χ4n) is 1.98. The monoisotopic (exact) mass is 218 g/mol. The van der Waals surface area contributed by atoms with Gasteiger partial charge in [-0.1, -0.05) is 6.92 Å². The molecule has 1 fully saturated rings. The van der Waals surface area contributed by atoms with Crippen LogP contribution >= 0.6 is 0 Å². The number of ether oxygens (including phenoxy) is 1. The Hall–Kier alpha value is -1.65. The molecular weight excluding hydrogens is 204 g/mol. The molecule has 1 aliphatic rings. The van der Waals surface area contributed by atoms with Gasteiger partial charge in [-0.25, -0.2) is 0 Å². The summed E-state index contributed by atoms with van der Waals surface area (Å²) in [5.41, 5.74) is 1.04. The van der Waals surface area contributed by atoms with Crippen LogP contribution in [0.1, 0.15) is 19.8 Å². The van der Waals surface area contributed by atoms with Gasteiger partial charge in [0.1, 0.15) is 24.0 Å². The molecule has 1 rings (SSSR count). The fraction of sp³-hybridized carbons (Fsp3) is 0.583. The zero-order valence-corrected chi connectivity index (χ0v) is 9.27. The van der Waals surface area contributed by atoms with E-state index in [2.05, 4.69) is 0 Å². The topological polar surface area (TPSA) is 73.9 Å². The number of aldehydes is 1. The largest absolute Gasteiger partial charge is 0.380 e. The Labute approximate surface area is 95.1 Å². The van der Waals surface area contributed by atoms with Gasteiger partial charge < -0.3 is 9.53 Å². The van der Waals surface area contributed by atoms with Gasteiger partial charge in [0.15, 0.2) is 0 Å². The summed E-state index contributed by atoms with van der Waals surface area (Å²) < 4.78 is 5.35. The maximum absolute atomic E-state index is 10.5. The van der Waals surface area contributed by atoms with Gasteiger partial charge in [-0.2, -0.15) is 10.5 Å². The Morgan fingerprint density at radius 1 is 1.62 bits per heavy atom. The molecule has 0 aromatic rings. The first-order valence-corrected chi connectivity index (χ1v) is 5.29. The Kier molecular flexibility index (Phi) is 4.69. The maximum Gasteiger partial charge on any atom is 0.129 e. The van der Waals surface area contributed by atoms with Crippen molar-refractivity contribution in [3.05, 3.63) is 11.1 Å². The van der Waals surface area contributed by atoms with Crippen LogP contribution in [0.3, 0.4) is 0 Å². The lowest BCUT2D eigenvalue weighted by Gasteiger charge is -2.29. The molecule has 0 aromatic carbocycles.